The first kappa shape index (κ1) is 48.5. The van der Waals surface area contributed by atoms with Crippen LogP contribution in [0.3, 0.4) is 0 Å². The molecule has 0 aromatic rings. The van der Waals surface area contributed by atoms with Gasteiger partial charge in [-0.15, -0.1) is 0 Å². The van der Waals surface area contributed by atoms with Crippen LogP contribution in [0.4, 0.5) is 127 Å². The van der Waals surface area contributed by atoms with Crippen LogP contribution in [0.25, 0.3) is 0 Å². The molecule has 0 aliphatic carbocycles. The highest BCUT2D eigenvalue weighted by molar-refractivity contribution is 7.86. The van der Waals surface area contributed by atoms with Gasteiger partial charge in [0.15, 0.2) is 5.78 Å². The second-order valence-electron chi connectivity index (χ2n) is 9.54. The van der Waals surface area contributed by atoms with Gasteiger partial charge in [0.05, 0.1) is 6.42 Å². The lowest BCUT2D eigenvalue weighted by molar-refractivity contribution is -0.487. The molecule has 0 rings (SSSR count). The first-order valence-electron chi connectivity index (χ1n) is 10.8. The Bertz CT molecular complexity index is 1420. The molecule has 306 valence electrons. The monoisotopic (exact) mass is 856 g/mol. The lowest BCUT2D eigenvalue weighted by Crippen LogP contribution is -2.79. The molecule has 0 aliphatic rings. The third-order valence-electron chi connectivity index (χ3n) is 5.92. The third kappa shape index (κ3) is 6.36. The number of rotatable bonds is 16. The first-order chi connectivity index (χ1) is 21.4. The van der Waals surface area contributed by atoms with Crippen molar-refractivity contribution < 1.29 is 145 Å². The Morgan fingerprint density at radius 3 is 0.706 bits per heavy atom. The predicted octanol–water partition coefficient (Wildman–Crippen LogP) is 8.65. The summed E-state index contributed by atoms with van der Waals surface area (Å²) < 4.78 is 418. The molecule has 0 saturated carbocycles. The Kier molecular flexibility index (Phi) is 11.5. The van der Waals surface area contributed by atoms with Crippen molar-refractivity contribution in [1.29, 1.82) is 0 Å². The molecule has 0 amide bonds. The average molecular weight is 856 g/mol. The third-order valence-corrected chi connectivity index (χ3v) is 6.60. The minimum Gasteiger partial charge on any atom is -0.298 e. The first-order valence-corrected chi connectivity index (χ1v) is 12.4. The number of hydrogen-bond donors (Lipinski definition) is 1. The van der Waals surface area contributed by atoms with E-state index in [9.17, 15) is 141 Å². The summed E-state index contributed by atoms with van der Waals surface area (Å²) in [6.45, 7) is 0. The molecule has 0 radical (unpaired) electrons. The van der Waals surface area contributed by atoms with Gasteiger partial charge in [-0.25, -0.2) is 0 Å². The van der Waals surface area contributed by atoms with E-state index in [4.69, 9.17) is 4.55 Å². The van der Waals surface area contributed by atoms with E-state index in [0.717, 1.165) is 0 Å². The van der Waals surface area contributed by atoms with E-state index in [1.807, 2.05) is 0 Å². The van der Waals surface area contributed by atoms with Crippen molar-refractivity contribution in [3.05, 3.63) is 0 Å². The molecule has 0 bridgehead atoms. The Balaban J connectivity index is 7.50. The molecule has 0 aromatic carbocycles. The molecule has 0 heterocycles. The van der Waals surface area contributed by atoms with E-state index in [1.54, 1.807) is 0 Å². The van der Waals surface area contributed by atoms with Crippen LogP contribution in [0.5, 0.6) is 0 Å². The number of Topliss-reactive ketones (excluding diaryl/α,β-unsaturated/α-hetero) is 1. The van der Waals surface area contributed by atoms with E-state index >= 15 is 0 Å². The Morgan fingerprint density at radius 1 is 0.353 bits per heavy atom. The SMILES string of the molecule is O=C(CC(F)(F)C(F)(F)C(F)(F)C(F)(F)C(F)(F)C(F)(F)C(F)(F)C(F)(F)C(F)(F)C(F)(F)C(F)(F)C(F)(F)C(F)(F)C(F)(F)F)CS(=O)(=O)O. The highest BCUT2D eigenvalue weighted by atomic mass is 32.2. The Labute approximate surface area is 257 Å². The normalized spacial score (nSPS) is 16.8. The van der Waals surface area contributed by atoms with Crippen LogP contribution >= 0.6 is 0 Å². The summed E-state index contributed by atoms with van der Waals surface area (Å²) in [6, 6.07) is 0. The number of hydrogen-bond acceptors (Lipinski definition) is 3. The summed E-state index contributed by atoms with van der Waals surface area (Å²) in [5.74, 6) is -129. The van der Waals surface area contributed by atoms with Crippen molar-refractivity contribution in [3.8, 4) is 0 Å². The largest absolute Gasteiger partial charge is 0.460 e. The minimum absolute atomic E-state index is 2.87. The van der Waals surface area contributed by atoms with Gasteiger partial charge in [-0.05, 0) is 0 Å². The highest BCUT2D eigenvalue weighted by Gasteiger charge is 3.00. The van der Waals surface area contributed by atoms with Crippen LogP contribution in [0, 0.1) is 0 Å². The van der Waals surface area contributed by atoms with Gasteiger partial charge in [0.2, 0.25) is 0 Å². The summed E-state index contributed by atoms with van der Waals surface area (Å²) in [6.07, 6.45) is -12.3. The summed E-state index contributed by atoms with van der Waals surface area (Å²) in [5, 5.41) is 0. The molecule has 0 unspecified atom stereocenters. The molecule has 0 atom stereocenters. The Hall–Kier alpha value is -2.45. The number of ketones is 1. The van der Waals surface area contributed by atoms with Crippen LogP contribution in [0.2, 0.25) is 0 Å². The summed E-state index contributed by atoms with van der Waals surface area (Å²) in [5.41, 5.74) is 0. The highest BCUT2D eigenvalue weighted by Crippen LogP contribution is 2.69. The zero-order valence-corrected chi connectivity index (χ0v) is 22.8. The topological polar surface area (TPSA) is 71.4 Å². The number of carbonyl (C=O) groups is 1. The number of alkyl halides is 29. The number of carbonyl (C=O) groups excluding carboxylic acids is 1. The molecule has 34 heteroatoms. The van der Waals surface area contributed by atoms with E-state index < -0.39 is 111 Å². The van der Waals surface area contributed by atoms with Gasteiger partial charge < -0.3 is 0 Å². The fourth-order valence-corrected chi connectivity index (χ4v) is 3.50. The van der Waals surface area contributed by atoms with Crippen LogP contribution in [0.15, 0.2) is 0 Å². The smallest absolute Gasteiger partial charge is 0.298 e. The lowest BCUT2D eigenvalue weighted by atomic mass is 9.83. The van der Waals surface area contributed by atoms with Gasteiger partial charge in [0.1, 0.15) is 5.75 Å². The van der Waals surface area contributed by atoms with Crippen molar-refractivity contribution in [2.24, 2.45) is 0 Å². The second kappa shape index (κ2) is 12.0. The zero-order chi connectivity index (χ0) is 42.5. The van der Waals surface area contributed by atoms with Crippen LogP contribution in [-0.4, -0.2) is 108 Å². The Morgan fingerprint density at radius 2 is 0.529 bits per heavy atom. The van der Waals surface area contributed by atoms with E-state index in [0.29, 0.717) is 0 Å². The molecule has 0 aliphatic heterocycles. The molecule has 0 aromatic heterocycles. The molecule has 0 spiro atoms. The quantitative estimate of drug-likeness (QED) is 0.125. The maximum Gasteiger partial charge on any atom is 0.460 e. The van der Waals surface area contributed by atoms with E-state index in [2.05, 4.69) is 0 Å². The van der Waals surface area contributed by atoms with Gasteiger partial charge in [-0.1, -0.05) is 0 Å². The summed E-state index contributed by atoms with van der Waals surface area (Å²) in [4.78, 5) is 10.9. The van der Waals surface area contributed by atoms with Crippen molar-refractivity contribution in [1.82, 2.24) is 0 Å². The zero-order valence-electron chi connectivity index (χ0n) is 22.0. The summed E-state index contributed by atoms with van der Waals surface area (Å²) in [7, 11) is -5.96. The lowest BCUT2D eigenvalue weighted by Gasteiger charge is -2.46. The number of halogens is 29. The standard InChI is InChI=1S/C17H5F29O4S/c18-4(19,1-3(47)2-51(48,49)50)5(20,21)6(22,23)7(24,25)8(26,27)9(28,29)10(30,31)11(32,33)12(34,35)13(36,37)14(38,39)15(40,41)16(42,43)17(44,45)46/h1-2H2,(H,48,49,50). The minimum atomic E-state index is -10.0. The van der Waals surface area contributed by atoms with E-state index in [1.165, 1.54) is 0 Å². The molecule has 1 N–H and O–H groups in total. The molecule has 0 fully saturated rings. The molecule has 0 saturated heterocycles. The van der Waals surface area contributed by atoms with Gasteiger partial charge in [-0.2, -0.15) is 136 Å². The maximum atomic E-state index is 13.8. The molecular formula is C17H5F29O4S. The van der Waals surface area contributed by atoms with Crippen LogP contribution in [-0.2, 0) is 14.9 Å². The molecule has 4 nitrogen and oxygen atoms in total. The van der Waals surface area contributed by atoms with Crippen LogP contribution in [0.1, 0.15) is 6.42 Å². The molecule has 51 heavy (non-hydrogen) atoms. The van der Waals surface area contributed by atoms with Crippen LogP contribution < -0.4 is 0 Å². The maximum absolute atomic E-state index is 13.8. The van der Waals surface area contributed by atoms with E-state index in [-0.39, 0.29) is 0 Å². The average Bonchev–Trinajstić information content (AvgIpc) is 2.84. The van der Waals surface area contributed by atoms with Gasteiger partial charge in [0.25, 0.3) is 10.1 Å². The second-order valence-corrected chi connectivity index (χ2v) is 11.0. The van der Waals surface area contributed by atoms with Crippen molar-refractivity contribution in [2.45, 2.75) is 89.6 Å². The van der Waals surface area contributed by atoms with Gasteiger partial charge in [0, 0.05) is 0 Å². The summed E-state index contributed by atoms with van der Waals surface area (Å²) >= 11 is 0. The van der Waals surface area contributed by atoms with Crippen molar-refractivity contribution >= 4 is 15.9 Å². The molecular weight excluding hydrogens is 851 g/mol. The van der Waals surface area contributed by atoms with Crippen molar-refractivity contribution in [2.75, 3.05) is 5.75 Å². The fraction of sp³-hybridized carbons (Fsp3) is 0.941. The fourth-order valence-electron chi connectivity index (χ4n) is 2.99. The van der Waals surface area contributed by atoms with Gasteiger partial charge in [-0.3, -0.25) is 9.35 Å². The predicted molar refractivity (Wildman–Crippen MR) is 96.4 cm³/mol. The van der Waals surface area contributed by atoms with Crippen molar-refractivity contribution in [3.63, 3.8) is 0 Å². The van der Waals surface area contributed by atoms with Gasteiger partial charge >= 0.3 is 83.2 Å².